The standard InChI is InChI=1S/C20H28N2OS/c1-23-18-6-7-20-19(11-18)16(12-21-20)10-17-5-2-8-22(17)13-15-4-3-9-24-14-15/h6-7,11-12,15,17,21H,2-5,8-10,13-14H2,1H3/t15-,17+/m0/s1. The fourth-order valence-electron chi connectivity index (χ4n) is 4.36. The summed E-state index contributed by atoms with van der Waals surface area (Å²) in [5.41, 5.74) is 2.66. The first-order valence-corrected chi connectivity index (χ1v) is 10.4. The Labute approximate surface area is 149 Å². The third-order valence-electron chi connectivity index (χ3n) is 5.68. The largest absolute Gasteiger partial charge is 0.497 e. The number of H-pyrrole nitrogens is 1. The lowest BCUT2D eigenvalue weighted by Crippen LogP contribution is -2.36. The van der Waals surface area contributed by atoms with Crippen LogP contribution >= 0.6 is 11.8 Å². The van der Waals surface area contributed by atoms with Gasteiger partial charge in [-0.25, -0.2) is 0 Å². The molecular formula is C20H28N2OS. The highest BCUT2D eigenvalue weighted by Gasteiger charge is 2.28. The lowest BCUT2D eigenvalue weighted by molar-refractivity contribution is 0.215. The Bertz CT molecular complexity index is 677. The smallest absolute Gasteiger partial charge is 0.119 e. The van der Waals surface area contributed by atoms with Gasteiger partial charge >= 0.3 is 0 Å². The molecule has 2 atom stereocenters. The predicted octanol–water partition coefficient (Wildman–Crippen LogP) is 4.33. The predicted molar refractivity (Wildman–Crippen MR) is 103 cm³/mol. The number of hydrogen-bond donors (Lipinski definition) is 1. The number of nitrogens with zero attached hydrogens (tertiary/aromatic N) is 1. The molecule has 1 aromatic heterocycles. The number of thioether (sulfide) groups is 1. The van der Waals surface area contributed by atoms with Crippen molar-refractivity contribution in [3.8, 4) is 5.75 Å². The SMILES string of the molecule is COc1ccc2[nH]cc(C[C@H]3CCCN3C[C@@H]3CCCSC3)c2c1. The monoisotopic (exact) mass is 344 g/mol. The minimum Gasteiger partial charge on any atom is -0.497 e. The summed E-state index contributed by atoms with van der Waals surface area (Å²) in [7, 11) is 1.74. The number of likely N-dealkylation sites (tertiary alicyclic amines) is 1. The van der Waals surface area contributed by atoms with Gasteiger partial charge in [0.2, 0.25) is 0 Å². The molecule has 2 saturated heterocycles. The van der Waals surface area contributed by atoms with Gasteiger partial charge in [0.15, 0.2) is 0 Å². The molecule has 0 bridgehead atoms. The number of rotatable bonds is 5. The van der Waals surface area contributed by atoms with E-state index in [1.54, 1.807) is 7.11 Å². The van der Waals surface area contributed by atoms with Crippen LogP contribution in [0.1, 0.15) is 31.2 Å². The number of benzene rings is 1. The van der Waals surface area contributed by atoms with Crippen molar-refractivity contribution < 1.29 is 4.74 Å². The zero-order valence-electron chi connectivity index (χ0n) is 14.6. The highest BCUT2D eigenvalue weighted by molar-refractivity contribution is 7.99. The van der Waals surface area contributed by atoms with Crippen LogP contribution in [0.15, 0.2) is 24.4 Å². The average molecular weight is 345 g/mol. The Balaban J connectivity index is 1.47. The second-order valence-corrected chi connectivity index (χ2v) is 8.45. The molecule has 2 aromatic rings. The Hall–Kier alpha value is -1.13. The number of hydrogen-bond acceptors (Lipinski definition) is 3. The van der Waals surface area contributed by atoms with E-state index < -0.39 is 0 Å². The third kappa shape index (κ3) is 3.45. The molecule has 1 aromatic carbocycles. The highest BCUT2D eigenvalue weighted by atomic mass is 32.2. The van der Waals surface area contributed by atoms with Gasteiger partial charge in [0.1, 0.15) is 5.75 Å². The van der Waals surface area contributed by atoms with Gasteiger partial charge in [-0.1, -0.05) is 0 Å². The van der Waals surface area contributed by atoms with Gasteiger partial charge < -0.3 is 9.72 Å². The van der Waals surface area contributed by atoms with Crippen molar-refractivity contribution in [2.75, 3.05) is 31.7 Å². The van der Waals surface area contributed by atoms with E-state index in [2.05, 4.69) is 40.0 Å². The van der Waals surface area contributed by atoms with Gasteiger partial charge in [0.05, 0.1) is 7.11 Å². The van der Waals surface area contributed by atoms with E-state index in [1.807, 2.05) is 6.07 Å². The molecule has 0 radical (unpaired) electrons. The molecule has 0 amide bonds. The van der Waals surface area contributed by atoms with Gasteiger partial charge in [-0.15, -0.1) is 0 Å². The summed E-state index contributed by atoms with van der Waals surface area (Å²) in [5.74, 6) is 4.60. The van der Waals surface area contributed by atoms with Crippen LogP contribution in [-0.2, 0) is 6.42 Å². The average Bonchev–Trinajstić information content (AvgIpc) is 3.23. The van der Waals surface area contributed by atoms with Crippen LogP contribution < -0.4 is 4.74 Å². The second-order valence-electron chi connectivity index (χ2n) is 7.30. The van der Waals surface area contributed by atoms with Crippen LogP contribution in [0.4, 0.5) is 0 Å². The Kier molecular flexibility index (Phi) is 5.04. The van der Waals surface area contributed by atoms with E-state index in [4.69, 9.17) is 4.74 Å². The molecule has 24 heavy (non-hydrogen) atoms. The first kappa shape index (κ1) is 16.3. The maximum Gasteiger partial charge on any atom is 0.119 e. The van der Waals surface area contributed by atoms with Crippen molar-refractivity contribution in [3.63, 3.8) is 0 Å². The number of nitrogens with one attached hydrogen (secondary N) is 1. The molecule has 130 valence electrons. The molecule has 4 rings (SSSR count). The highest BCUT2D eigenvalue weighted by Crippen LogP contribution is 2.30. The van der Waals surface area contributed by atoms with Crippen molar-refractivity contribution in [1.82, 2.24) is 9.88 Å². The summed E-state index contributed by atoms with van der Waals surface area (Å²) in [6, 6.07) is 7.05. The van der Waals surface area contributed by atoms with Gasteiger partial charge in [-0.3, -0.25) is 4.90 Å². The Morgan fingerprint density at radius 1 is 1.29 bits per heavy atom. The van der Waals surface area contributed by atoms with Crippen LogP contribution in [0.2, 0.25) is 0 Å². The lowest BCUT2D eigenvalue weighted by Gasteiger charge is -2.30. The first-order chi connectivity index (χ1) is 11.8. The lowest BCUT2D eigenvalue weighted by atomic mass is 10.0. The van der Waals surface area contributed by atoms with E-state index in [0.29, 0.717) is 6.04 Å². The quantitative estimate of drug-likeness (QED) is 0.875. The third-order valence-corrected chi connectivity index (χ3v) is 6.96. The molecule has 0 spiro atoms. The molecule has 1 N–H and O–H groups in total. The molecule has 4 heteroatoms. The number of fused-ring (bicyclic) bond motifs is 1. The summed E-state index contributed by atoms with van der Waals surface area (Å²) in [6.45, 7) is 2.60. The van der Waals surface area contributed by atoms with Crippen LogP contribution in [-0.4, -0.2) is 47.6 Å². The van der Waals surface area contributed by atoms with Crippen molar-refractivity contribution in [3.05, 3.63) is 30.0 Å². The maximum absolute atomic E-state index is 5.41. The molecule has 0 saturated carbocycles. The number of methoxy groups -OCH3 is 1. The van der Waals surface area contributed by atoms with Crippen molar-refractivity contribution in [2.45, 2.75) is 38.1 Å². The van der Waals surface area contributed by atoms with E-state index >= 15 is 0 Å². The Morgan fingerprint density at radius 2 is 2.25 bits per heavy atom. The number of ether oxygens (including phenoxy) is 1. The van der Waals surface area contributed by atoms with Crippen molar-refractivity contribution in [1.29, 1.82) is 0 Å². The normalized spacial score (nSPS) is 25.4. The van der Waals surface area contributed by atoms with Crippen molar-refractivity contribution in [2.24, 2.45) is 5.92 Å². The van der Waals surface area contributed by atoms with Crippen LogP contribution in [0.3, 0.4) is 0 Å². The van der Waals surface area contributed by atoms with Gasteiger partial charge in [0.25, 0.3) is 0 Å². The molecule has 3 heterocycles. The van der Waals surface area contributed by atoms with E-state index in [-0.39, 0.29) is 0 Å². The van der Waals surface area contributed by atoms with Crippen LogP contribution in [0.25, 0.3) is 10.9 Å². The minimum atomic E-state index is 0.710. The number of aromatic nitrogens is 1. The second kappa shape index (κ2) is 7.40. The maximum atomic E-state index is 5.41. The molecule has 3 nitrogen and oxygen atoms in total. The van der Waals surface area contributed by atoms with Crippen LogP contribution in [0.5, 0.6) is 5.75 Å². The number of aromatic amines is 1. The molecule has 2 fully saturated rings. The summed E-state index contributed by atoms with van der Waals surface area (Å²) in [5, 5.41) is 1.33. The van der Waals surface area contributed by atoms with Gasteiger partial charge in [-0.05, 0) is 79.8 Å². The molecular weight excluding hydrogens is 316 g/mol. The van der Waals surface area contributed by atoms with Gasteiger partial charge in [0, 0.05) is 29.7 Å². The van der Waals surface area contributed by atoms with E-state index in [0.717, 1.165) is 18.1 Å². The molecule has 2 aliphatic heterocycles. The molecule has 2 aliphatic rings. The fourth-order valence-corrected chi connectivity index (χ4v) is 5.50. The zero-order chi connectivity index (χ0) is 16.4. The summed E-state index contributed by atoms with van der Waals surface area (Å²) < 4.78 is 5.41. The van der Waals surface area contributed by atoms with E-state index in [1.165, 1.54) is 66.7 Å². The molecule has 0 unspecified atom stereocenters. The van der Waals surface area contributed by atoms with Crippen molar-refractivity contribution >= 4 is 22.7 Å². The first-order valence-electron chi connectivity index (χ1n) is 9.29. The summed E-state index contributed by atoms with van der Waals surface area (Å²) >= 11 is 2.15. The summed E-state index contributed by atoms with van der Waals surface area (Å²) in [4.78, 5) is 6.21. The zero-order valence-corrected chi connectivity index (χ0v) is 15.4. The van der Waals surface area contributed by atoms with Gasteiger partial charge in [-0.2, -0.15) is 11.8 Å². The fraction of sp³-hybridized carbons (Fsp3) is 0.600. The van der Waals surface area contributed by atoms with E-state index in [9.17, 15) is 0 Å². The molecule has 0 aliphatic carbocycles. The minimum absolute atomic E-state index is 0.710. The Morgan fingerprint density at radius 3 is 3.08 bits per heavy atom. The van der Waals surface area contributed by atoms with Crippen LogP contribution in [0, 0.1) is 5.92 Å². The topological polar surface area (TPSA) is 28.3 Å². The summed E-state index contributed by atoms with van der Waals surface area (Å²) in [6.07, 6.45) is 8.91.